The molecule has 0 bridgehead atoms. The molecule has 0 saturated heterocycles. The zero-order chi connectivity index (χ0) is 11.1. The number of nitriles is 1. The van der Waals surface area contributed by atoms with Gasteiger partial charge in [0.05, 0.1) is 12.7 Å². The van der Waals surface area contributed by atoms with Crippen LogP contribution in [0.4, 0.5) is 0 Å². The number of hydrogen-bond acceptors (Lipinski definition) is 2. The molecule has 0 radical (unpaired) electrons. The Bertz CT molecular complexity index is 342. The highest BCUT2D eigenvalue weighted by Gasteiger charge is 2.05. The summed E-state index contributed by atoms with van der Waals surface area (Å²) in [5.41, 5.74) is 1.38. The lowest BCUT2D eigenvalue weighted by molar-refractivity contribution is 0.413. The van der Waals surface area contributed by atoms with Crippen molar-refractivity contribution in [2.24, 2.45) is 0 Å². The van der Waals surface area contributed by atoms with E-state index in [0.29, 0.717) is 16.3 Å². The molecule has 0 saturated carbocycles. The molecule has 1 aromatic carbocycles. The third kappa shape index (κ3) is 2.93. The van der Waals surface area contributed by atoms with Crippen LogP contribution in [0.2, 0.25) is 5.02 Å². The summed E-state index contributed by atoms with van der Waals surface area (Å²) in [6.45, 7) is 5.87. The van der Waals surface area contributed by atoms with Gasteiger partial charge in [0.25, 0.3) is 0 Å². The van der Waals surface area contributed by atoms with Gasteiger partial charge in [-0.2, -0.15) is 5.26 Å². The molecule has 76 valence electrons. The van der Waals surface area contributed by atoms with Gasteiger partial charge in [0.2, 0.25) is 0 Å². The largest absolute Gasteiger partial charge is 0.495 e. The fraction of sp³-hybridized carbons (Fsp3) is 0.364. The first-order valence-electron chi connectivity index (χ1n) is 4.43. The first-order chi connectivity index (χ1) is 6.69. The van der Waals surface area contributed by atoms with E-state index < -0.39 is 0 Å². The minimum Gasteiger partial charge on any atom is -0.495 e. The zero-order valence-electron chi connectivity index (χ0n) is 8.89. The van der Waals surface area contributed by atoms with E-state index in [4.69, 9.17) is 21.6 Å². The lowest BCUT2D eigenvalue weighted by Gasteiger charge is -2.04. The summed E-state index contributed by atoms with van der Waals surface area (Å²) in [6.07, 6.45) is 0. The number of methoxy groups -OCH3 is 1. The topological polar surface area (TPSA) is 33.0 Å². The van der Waals surface area contributed by atoms with Crippen molar-refractivity contribution in [1.82, 2.24) is 0 Å². The SMILES string of the molecule is CC.COc1cc(C)c(Cl)cc1C#N. The van der Waals surface area contributed by atoms with Crippen molar-refractivity contribution in [2.75, 3.05) is 7.11 Å². The van der Waals surface area contributed by atoms with E-state index in [1.165, 1.54) is 7.11 Å². The molecule has 0 aliphatic carbocycles. The van der Waals surface area contributed by atoms with Crippen molar-refractivity contribution in [3.63, 3.8) is 0 Å². The molecule has 0 N–H and O–H groups in total. The standard InChI is InChI=1S/C9H8ClNO.C2H6/c1-6-3-9(12-2)7(5-11)4-8(6)10;1-2/h3-4H,1-2H3;1-2H3. The van der Waals surface area contributed by atoms with Gasteiger partial charge in [-0.3, -0.25) is 0 Å². The Hall–Kier alpha value is -1.20. The van der Waals surface area contributed by atoms with E-state index >= 15 is 0 Å². The summed E-state index contributed by atoms with van der Waals surface area (Å²) in [4.78, 5) is 0. The zero-order valence-corrected chi connectivity index (χ0v) is 9.64. The third-order valence-corrected chi connectivity index (χ3v) is 2.01. The molecule has 3 heteroatoms. The van der Waals surface area contributed by atoms with Gasteiger partial charge in [-0.05, 0) is 24.6 Å². The molecule has 0 atom stereocenters. The summed E-state index contributed by atoms with van der Waals surface area (Å²) in [5, 5.41) is 9.27. The normalized spacial score (nSPS) is 8.29. The number of hydrogen-bond donors (Lipinski definition) is 0. The smallest absolute Gasteiger partial charge is 0.136 e. The molecular weight excluding hydrogens is 198 g/mol. The number of ether oxygens (including phenoxy) is 1. The van der Waals surface area contributed by atoms with Crippen LogP contribution in [0, 0.1) is 18.3 Å². The van der Waals surface area contributed by atoms with Crippen molar-refractivity contribution >= 4 is 11.6 Å². The molecule has 0 amide bonds. The highest BCUT2D eigenvalue weighted by atomic mass is 35.5. The molecule has 0 heterocycles. The van der Waals surface area contributed by atoms with Gasteiger partial charge < -0.3 is 4.74 Å². The second-order valence-electron chi connectivity index (χ2n) is 2.41. The summed E-state index contributed by atoms with van der Waals surface area (Å²) in [6, 6.07) is 5.36. The molecule has 0 spiro atoms. The van der Waals surface area contributed by atoms with Gasteiger partial charge in [0.1, 0.15) is 11.8 Å². The summed E-state index contributed by atoms with van der Waals surface area (Å²) < 4.78 is 4.99. The Morgan fingerprint density at radius 1 is 1.36 bits per heavy atom. The van der Waals surface area contributed by atoms with E-state index in [1.54, 1.807) is 12.1 Å². The molecule has 0 aromatic heterocycles. The van der Waals surface area contributed by atoms with Gasteiger partial charge in [-0.15, -0.1) is 0 Å². The van der Waals surface area contributed by atoms with E-state index in [0.717, 1.165) is 5.56 Å². The van der Waals surface area contributed by atoms with Crippen LogP contribution in [-0.4, -0.2) is 7.11 Å². The maximum Gasteiger partial charge on any atom is 0.136 e. The van der Waals surface area contributed by atoms with Gasteiger partial charge in [0, 0.05) is 5.02 Å². The number of halogens is 1. The van der Waals surface area contributed by atoms with Crippen LogP contribution in [0.15, 0.2) is 12.1 Å². The fourth-order valence-corrected chi connectivity index (χ4v) is 1.07. The van der Waals surface area contributed by atoms with Crippen molar-refractivity contribution in [3.8, 4) is 11.8 Å². The van der Waals surface area contributed by atoms with Crippen molar-refractivity contribution in [1.29, 1.82) is 5.26 Å². The van der Waals surface area contributed by atoms with Crippen LogP contribution in [0.1, 0.15) is 25.0 Å². The number of aryl methyl sites for hydroxylation is 1. The summed E-state index contributed by atoms with van der Waals surface area (Å²) >= 11 is 5.81. The molecule has 1 aromatic rings. The van der Waals surface area contributed by atoms with Crippen LogP contribution in [0.5, 0.6) is 5.75 Å². The Balaban J connectivity index is 0.000000791. The average Bonchev–Trinajstić information content (AvgIpc) is 2.24. The highest BCUT2D eigenvalue weighted by Crippen LogP contribution is 2.25. The maximum atomic E-state index is 8.68. The maximum absolute atomic E-state index is 8.68. The average molecular weight is 212 g/mol. The Kier molecular flexibility index (Phi) is 5.74. The molecule has 14 heavy (non-hydrogen) atoms. The van der Waals surface area contributed by atoms with E-state index in [9.17, 15) is 0 Å². The summed E-state index contributed by atoms with van der Waals surface area (Å²) in [7, 11) is 1.53. The van der Waals surface area contributed by atoms with Crippen LogP contribution >= 0.6 is 11.6 Å². The Morgan fingerprint density at radius 3 is 2.36 bits per heavy atom. The second kappa shape index (κ2) is 6.28. The van der Waals surface area contributed by atoms with Crippen molar-refractivity contribution < 1.29 is 4.74 Å². The van der Waals surface area contributed by atoms with E-state index in [1.807, 2.05) is 26.8 Å². The lowest BCUT2D eigenvalue weighted by atomic mass is 10.1. The lowest BCUT2D eigenvalue weighted by Crippen LogP contribution is -1.89. The highest BCUT2D eigenvalue weighted by molar-refractivity contribution is 6.31. The van der Waals surface area contributed by atoms with Gasteiger partial charge >= 0.3 is 0 Å². The molecule has 0 unspecified atom stereocenters. The molecule has 2 nitrogen and oxygen atoms in total. The first kappa shape index (κ1) is 12.8. The molecule has 0 fully saturated rings. The predicted octanol–water partition coefficient (Wildman–Crippen LogP) is 3.55. The monoisotopic (exact) mass is 211 g/mol. The minimum atomic E-state index is 0.466. The van der Waals surface area contributed by atoms with Gasteiger partial charge in [-0.25, -0.2) is 0 Å². The van der Waals surface area contributed by atoms with Crippen LogP contribution < -0.4 is 4.74 Å². The quantitative estimate of drug-likeness (QED) is 0.712. The Morgan fingerprint density at radius 2 is 1.93 bits per heavy atom. The second-order valence-corrected chi connectivity index (χ2v) is 2.82. The molecule has 1 rings (SSSR count). The van der Waals surface area contributed by atoms with Crippen molar-refractivity contribution in [3.05, 3.63) is 28.3 Å². The molecule has 0 aliphatic rings. The number of nitrogens with zero attached hydrogens (tertiary/aromatic N) is 1. The van der Waals surface area contributed by atoms with Crippen LogP contribution in [0.25, 0.3) is 0 Å². The number of rotatable bonds is 1. The van der Waals surface area contributed by atoms with E-state index in [-0.39, 0.29) is 0 Å². The summed E-state index contributed by atoms with van der Waals surface area (Å²) in [5.74, 6) is 0.569. The van der Waals surface area contributed by atoms with Crippen LogP contribution in [-0.2, 0) is 0 Å². The van der Waals surface area contributed by atoms with E-state index in [2.05, 4.69) is 0 Å². The molecule has 0 aliphatic heterocycles. The fourth-order valence-electron chi connectivity index (χ4n) is 0.911. The van der Waals surface area contributed by atoms with Crippen molar-refractivity contribution in [2.45, 2.75) is 20.8 Å². The minimum absolute atomic E-state index is 0.466. The van der Waals surface area contributed by atoms with Crippen LogP contribution in [0.3, 0.4) is 0 Å². The predicted molar refractivity (Wildman–Crippen MR) is 58.8 cm³/mol. The van der Waals surface area contributed by atoms with Gasteiger partial charge in [-0.1, -0.05) is 25.4 Å². The third-order valence-electron chi connectivity index (χ3n) is 1.60. The Labute approximate surface area is 90.1 Å². The molecular formula is C11H14ClNO. The van der Waals surface area contributed by atoms with Gasteiger partial charge in [0.15, 0.2) is 0 Å². The number of benzene rings is 1. The first-order valence-corrected chi connectivity index (χ1v) is 4.81.